The van der Waals surface area contributed by atoms with E-state index in [4.69, 9.17) is 4.84 Å². The predicted octanol–water partition coefficient (Wildman–Crippen LogP) is 2.60. The summed E-state index contributed by atoms with van der Waals surface area (Å²) in [5.74, 6) is -0.521. The Bertz CT molecular complexity index is 511. The molecule has 1 rings (SSSR count). The van der Waals surface area contributed by atoms with E-state index in [1.165, 1.54) is 0 Å². The molecule has 0 aliphatic rings. The SMILES string of the molecule is CC(C)(C)ONS(=O)(=O)c1ccc(F)cc1Br. The summed E-state index contributed by atoms with van der Waals surface area (Å²) in [6, 6.07) is 3.30. The molecule has 0 aliphatic carbocycles. The highest BCUT2D eigenvalue weighted by molar-refractivity contribution is 9.10. The van der Waals surface area contributed by atoms with Crippen molar-refractivity contribution in [2.45, 2.75) is 31.3 Å². The molecule has 0 spiro atoms. The van der Waals surface area contributed by atoms with Gasteiger partial charge in [0, 0.05) is 4.47 Å². The van der Waals surface area contributed by atoms with Gasteiger partial charge in [-0.1, -0.05) is 4.89 Å². The van der Waals surface area contributed by atoms with Gasteiger partial charge in [0.05, 0.1) is 10.5 Å². The van der Waals surface area contributed by atoms with E-state index in [9.17, 15) is 12.8 Å². The van der Waals surface area contributed by atoms with Gasteiger partial charge in [0.1, 0.15) is 5.82 Å². The van der Waals surface area contributed by atoms with Gasteiger partial charge in [-0.05, 0) is 54.9 Å². The van der Waals surface area contributed by atoms with Gasteiger partial charge < -0.3 is 0 Å². The van der Waals surface area contributed by atoms with E-state index in [1.54, 1.807) is 20.8 Å². The van der Waals surface area contributed by atoms with Gasteiger partial charge in [-0.3, -0.25) is 4.84 Å². The van der Waals surface area contributed by atoms with Crippen molar-refractivity contribution >= 4 is 26.0 Å². The highest BCUT2D eigenvalue weighted by Crippen LogP contribution is 2.23. The molecule has 17 heavy (non-hydrogen) atoms. The summed E-state index contributed by atoms with van der Waals surface area (Å²) < 4.78 is 36.6. The zero-order valence-corrected chi connectivity index (χ0v) is 12.0. The minimum Gasteiger partial charge on any atom is -0.281 e. The van der Waals surface area contributed by atoms with Gasteiger partial charge in [-0.15, -0.1) is 0 Å². The molecule has 0 aromatic heterocycles. The topological polar surface area (TPSA) is 55.4 Å². The summed E-state index contributed by atoms with van der Waals surface area (Å²) in [6.45, 7) is 5.11. The van der Waals surface area contributed by atoms with Crippen molar-refractivity contribution in [3.05, 3.63) is 28.5 Å². The number of rotatable bonds is 3. The highest BCUT2D eigenvalue weighted by Gasteiger charge is 2.21. The van der Waals surface area contributed by atoms with Crippen molar-refractivity contribution in [1.29, 1.82) is 0 Å². The Balaban J connectivity index is 2.98. The lowest BCUT2D eigenvalue weighted by Gasteiger charge is -2.19. The van der Waals surface area contributed by atoms with Crippen molar-refractivity contribution in [1.82, 2.24) is 4.89 Å². The van der Waals surface area contributed by atoms with E-state index < -0.39 is 21.4 Å². The van der Waals surface area contributed by atoms with Crippen LogP contribution in [0.5, 0.6) is 0 Å². The van der Waals surface area contributed by atoms with Crippen molar-refractivity contribution in [2.24, 2.45) is 0 Å². The molecule has 0 bridgehead atoms. The Morgan fingerprint density at radius 2 is 1.94 bits per heavy atom. The van der Waals surface area contributed by atoms with E-state index >= 15 is 0 Å². The third-order valence-electron chi connectivity index (χ3n) is 1.64. The summed E-state index contributed by atoms with van der Waals surface area (Å²) in [4.78, 5) is 6.90. The van der Waals surface area contributed by atoms with Gasteiger partial charge in [0.2, 0.25) is 0 Å². The van der Waals surface area contributed by atoms with Crippen LogP contribution in [0.15, 0.2) is 27.6 Å². The molecule has 0 radical (unpaired) electrons. The van der Waals surface area contributed by atoms with Crippen LogP contribution < -0.4 is 4.89 Å². The Labute approximate surface area is 108 Å². The Morgan fingerprint density at radius 1 is 1.35 bits per heavy atom. The van der Waals surface area contributed by atoms with E-state index in [1.807, 2.05) is 4.89 Å². The summed E-state index contributed by atoms with van der Waals surface area (Å²) in [7, 11) is -3.83. The highest BCUT2D eigenvalue weighted by atomic mass is 79.9. The lowest BCUT2D eigenvalue weighted by Crippen LogP contribution is -2.33. The first-order valence-electron chi connectivity index (χ1n) is 4.77. The minimum atomic E-state index is -3.83. The van der Waals surface area contributed by atoms with E-state index in [-0.39, 0.29) is 9.37 Å². The Hall–Kier alpha value is -0.500. The molecule has 0 amide bonds. The zero-order valence-electron chi connectivity index (χ0n) is 9.62. The molecule has 0 aliphatic heterocycles. The molecule has 0 atom stereocenters. The van der Waals surface area contributed by atoms with Gasteiger partial charge in [0.25, 0.3) is 10.0 Å². The van der Waals surface area contributed by atoms with E-state index in [0.717, 1.165) is 18.2 Å². The molecule has 1 N–H and O–H groups in total. The molecule has 0 saturated carbocycles. The number of nitrogens with one attached hydrogen (secondary N) is 1. The van der Waals surface area contributed by atoms with Crippen molar-refractivity contribution < 1.29 is 17.6 Å². The molecule has 0 saturated heterocycles. The van der Waals surface area contributed by atoms with Crippen LogP contribution in [0.3, 0.4) is 0 Å². The molecule has 0 unspecified atom stereocenters. The lowest BCUT2D eigenvalue weighted by atomic mass is 10.2. The first-order valence-corrected chi connectivity index (χ1v) is 7.04. The van der Waals surface area contributed by atoms with Gasteiger partial charge in [-0.2, -0.15) is 0 Å². The Morgan fingerprint density at radius 3 is 2.41 bits per heavy atom. The first kappa shape index (κ1) is 14.6. The molecule has 0 fully saturated rings. The normalized spacial score (nSPS) is 12.8. The number of hydrogen-bond acceptors (Lipinski definition) is 3. The fourth-order valence-electron chi connectivity index (χ4n) is 0.918. The third kappa shape index (κ3) is 4.34. The number of benzene rings is 1. The van der Waals surface area contributed by atoms with Crippen LogP contribution >= 0.6 is 15.9 Å². The summed E-state index contributed by atoms with van der Waals surface area (Å²) in [6.07, 6.45) is 0. The summed E-state index contributed by atoms with van der Waals surface area (Å²) in [5, 5.41) is 0. The van der Waals surface area contributed by atoms with Crippen molar-refractivity contribution in [3.63, 3.8) is 0 Å². The average Bonchev–Trinajstić information content (AvgIpc) is 2.13. The standard InChI is InChI=1S/C10H13BrFNO3S/c1-10(2,3)16-13-17(14,15)9-5-4-7(12)6-8(9)11/h4-6,13H,1-3H3. The van der Waals surface area contributed by atoms with Crippen molar-refractivity contribution in [2.75, 3.05) is 0 Å². The van der Waals surface area contributed by atoms with E-state index in [0.29, 0.717) is 0 Å². The fourth-order valence-corrected chi connectivity index (χ4v) is 2.92. The minimum absolute atomic E-state index is 0.0804. The number of halogens is 2. The quantitative estimate of drug-likeness (QED) is 0.869. The zero-order chi connectivity index (χ0) is 13.3. The third-order valence-corrected chi connectivity index (χ3v) is 3.80. The second kappa shape index (κ2) is 5.01. The largest absolute Gasteiger partial charge is 0.281 e. The molecule has 4 nitrogen and oxygen atoms in total. The van der Waals surface area contributed by atoms with Gasteiger partial charge in [0.15, 0.2) is 0 Å². The van der Waals surface area contributed by atoms with Crippen LogP contribution in [0.4, 0.5) is 4.39 Å². The molecule has 1 aromatic carbocycles. The molecule has 96 valence electrons. The van der Waals surface area contributed by atoms with Gasteiger partial charge >= 0.3 is 0 Å². The number of sulfonamides is 1. The van der Waals surface area contributed by atoms with E-state index in [2.05, 4.69) is 15.9 Å². The summed E-state index contributed by atoms with van der Waals surface area (Å²) in [5.41, 5.74) is -0.653. The monoisotopic (exact) mass is 325 g/mol. The van der Waals surface area contributed by atoms with Crippen molar-refractivity contribution in [3.8, 4) is 0 Å². The van der Waals surface area contributed by atoms with Crippen LogP contribution in [0, 0.1) is 5.82 Å². The molecule has 7 heteroatoms. The van der Waals surface area contributed by atoms with Crippen LogP contribution in [-0.2, 0) is 14.9 Å². The maximum absolute atomic E-state index is 12.8. The lowest BCUT2D eigenvalue weighted by molar-refractivity contribution is -0.0357. The van der Waals surface area contributed by atoms with Crippen LogP contribution in [0.25, 0.3) is 0 Å². The van der Waals surface area contributed by atoms with Crippen LogP contribution in [0.1, 0.15) is 20.8 Å². The second-order valence-electron chi connectivity index (χ2n) is 4.38. The van der Waals surface area contributed by atoms with Crippen LogP contribution in [-0.4, -0.2) is 14.0 Å². The molecular formula is C10H13BrFNO3S. The predicted molar refractivity (Wildman–Crippen MR) is 65.3 cm³/mol. The van der Waals surface area contributed by atoms with Crippen LogP contribution in [0.2, 0.25) is 0 Å². The fraction of sp³-hybridized carbons (Fsp3) is 0.400. The smallest absolute Gasteiger partial charge is 0.263 e. The Kier molecular flexibility index (Phi) is 4.29. The molecule has 0 heterocycles. The first-order chi connectivity index (χ1) is 7.62. The maximum atomic E-state index is 12.8. The molecule has 1 aromatic rings. The average molecular weight is 326 g/mol. The van der Waals surface area contributed by atoms with Gasteiger partial charge in [-0.25, -0.2) is 12.8 Å². The molecular weight excluding hydrogens is 313 g/mol. The maximum Gasteiger partial charge on any atom is 0.263 e. The second-order valence-corrected chi connectivity index (χ2v) is 6.84. The summed E-state index contributed by atoms with van der Waals surface area (Å²) >= 11 is 2.99. The number of hydrogen-bond donors (Lipinski definition) is 1.